The first-order valence-corrected chi connectivity index (χ1v) is 9.51. The number of hydrogen-bond acceptors (Lipinski definition) is 2. The summed E-state index contributed by atoms with van der Waals surface area (Å²) in [6.45, 7) is 0.331. The van der Waals surface area contributed by atoms with Crippen LogP contribution in [0.15, 0.2) is 54.6 Å². The van der Waals surface area contributed by atoms with Gasteiger partial charge in [-0.3, -0.25) is 0 Å². The van der Waals surface area contributed by atoms with Crippen molar-refractivity contribution in [2.24, 2.45) is 0 Å². The Labute approximate surface area is 134 Å². The van der Waals surface area contributed by atoms with Gasteiger partial charge < -0.3 is 0 Å². The van der Waals surface area contributed by atoms with Gasteiger partial charge in [-0.25, -0.2) is 13.1 Å². The number of nitrogens with one attached hydrogen (secondary N) is 1. The summed E-state index contributed by atoms with van der Waals surface area (Å²) in [6.07, 6.45) is 0.525. The van der Waals surface area contributed by atoms with Gasteiger partial charge in [0.05, 0.1) is 5.75 Å². The molecule has 0 atom stereocenters. The van der Waals surface area contributed by atoms with Gasteiger partial charge in [-0.15, -0.1) is 0 Å². The van der Waals surface area contributed by atoms with E-state index < -0.39 is 10.0 Å². The van der Waals surface area contributed by atoms with Gasteiger partial charge in [0, 0.05) is 11.9 Å². The maximum absolute atomic E-state index is 12.0. The molecule has 5 heteroatoms. The third-order valence-corrected chi connectivity index (χ3v) is 5.12. The molecule has 0 amide bonds. The molecule has 0 heterocycles. The fourth-order valence-corrected chi connectivity index (χ4v) is 3.37. The van der Waals surface area contributed by atoms with Gasteiger partial charge in [0.1, 0.15) is 0 Å². The molecule has 2 rings (SSSR count). The Morgan fingerprint density at radius 1 is 0.905 bits per heavy atom. The van der Waals surface area contributed by atoms with Gasteiger partial charge in [-0.2, -0.15) is 0 Å². The SMILES string of the molecule is O=S(=O)(CCc1ccccc1)NCc1cccc(CBr)c1. The molecule has 112 valence electrons. The van der Waals surface area contributed by atoms with Crippen molar-refractivity contribution in [1.82, 2.24) is 4.72 Å². The molecule has 0 saturated heterocycles. The summed E-state index contributed by atoms with van der Waals surface area (Å²) in [5, 5.41) is 0.765. The van der Waals surface area contributed by atoms with Crippen molar-refractivity contribution in [2.75, 3.05) is 5.75 Å². The zero-order valence-corrected chi connectivity index (χ0v) is 14.0. The number of hydrogen-bond donors (Lipinski definition) is 1. The Morgan fingerprint density at radius 2 is 1.57 bits per heavy atom. The highest BCUT2D eigenvalue weighted by Gasteiger charge is 2.10. The van der Waals surface area contributed by atoms with Crippen molar-refractivity contribution in [3.63, 3.8) is 0 Å². The predicted molar refractivity (Wildman–Crippen MR) is 89.8 cm³/mol. The van der Waals surface area contributed by atoms with Crippen LogP contribution in [0, 0.1) is 0 Å². The minimum atomic E-state index is -3.26. The average Bonchev–Trinajstić information content (AvgIpc) is 2.52. The number of alkyl halides is 1. The Hall–Kier alpha value is -1.17. The topological polar surface area (TPSA) is 46.2 Å². The number of aryl methyl sites for hydroxylation is 1. The van der Waals surface area contributed by atoms with E-state index in [-0.39, 0.29) is 5.75 Å². The monoisotopic (exact) mass is 367 g/mol. The van der Waals surface area contributed by atoms with E-state index in [1.165, 1.54) is 0 Å². The van der Waals surface area contributed by atoms with E-state index in [4.69, 9.17) is 0 Å². The first-order chi connectivity index (χ1) is 10.1. The minimum Gasteiger partial charge on any atom is -0.212 e. The van der Waals surface area contributed by atoms with Crippen molar-refractivity contribution >= 4 is 26.0 Å². The standard InChI is InChI=1S/C16H18BrNO2S/c17-12-15-7-4-8-16(11-15)13-18-21(19,20)10-9-14-5-2-1-3-6-14/h1-8,11,18H,9-10,12-13H2. The van der Waals surface area contributed by atoms with Crippen LogP contribution in [0.2, 0.25) is 0 Å². The second-order valence-corrected chi connectivity index (χ2v) is 7.32. The zero-order chi connectivity index (χ0) is 15.1. The summed E-state index contributed by atoms with van der Waals surface area (Å²) in [6, 6.07) is 17.5. The van der Waals surface area contributed by atoms with E-state index in [9.17, 15) is 8.42 Å². The van der Waals surface area contributed by atoms with Crippen LogP contribution in [-0.4, -0.2) is 14.2 Å². The lowest BCUT2D eigenvalue weighted by molar-refractivity contribution is 0.580. The lowest BCUT2D eigenvalue weighted by Gasteiger charge is -2.08. The molecule has 0 aliphatic heterocycles. The van der Waals surface area contributed by atoms with E-state index in [2.05, 4.69) is 20.7 Å². The molecule has 0 aliphatic carbocycles. The Bertz CT molecular complexity index is 672. The molecular weight excluding hydrogens is 350 g/mol. The van der Waals surface area contributed by atoms with E-state index in [0.717, 1.165) is 22.0 Å². The summed E-state index contributed by atoms with van der Waals surface area (Å²) >= 11 is 3.39. The normalized spacial score (nSPS) is 11.5. The molecule has 2 aromatic rings. The minimum absolute atomic E-state index is 0.106. The van der Waals surface area contributed by atoms with Gasteiger partial charge >= 0.3 is 0 Å². The molecule has 3 nitrogen and oxygen atoms in total. The molecule has 0 spiro atoms. The fraction of sp³-hybridized carbons (Fsp3) is 0.250. The van der Waals surface area contributed by atoms with Crippen LogP contribution in [0.1, 0.15) is 16.7 Å². The summed E-state index contributed by atoms with van der Waals surface area (Å²) < 4.78 is 26.7. The van der Waals surface area contributed by atoms with Gasteiger partial charge in [0.15, 0.2) is 0 Å². The fourth-order valence-electron chi connectivity index (χ4n) is 1.99. The smallest absolute Gasteiger partial charge is 0.212 e. The van der Waals surface area contributed by atoms with Crippen LogP contribution in [0.3, 0.4) is 0 Å². The van der Waals surface area contributed by atoms with Crippen molar-refractivity contribution in [2.45, 2.75) is 18.3 Å². The number of sulfonamides is 1. The first-order valence-electron chi connectivity index (χ1n) is 6.74. The van der Waals surface area contributed by atoms with Crippen LogP contribution >= 0.6 is 15.9 Å². The van der Waals surface area contributed by atoms with Gasteiger partial charge in [0.25, 0.3) is 0 Å². The molecule has 21 heavy (non-hydrogen) atoms. The van der Waals surface area contributed by atoms with Crippen LogP contribution in [0.25, 0.3) is 0 Å². The summed E-state index contributed by atoms with van der Waals surface area (Å²) in [5.41, 5.74) is 3.13. The van der Waals surface area contributed by atoms with Crippen LogP contribution in [0.4, 0.5) is 0 Å². The van der Waals surface area contributed by atoms with E-state index >= 15 is 0 Å². The molecule has 0 aromatic heterocycles. The lowest BCUT2D eigenvalue weighted by atomic mass is 10.1. The first kappa shape index (κ1) is 16.2. The van der Waals surface area contributed by atoms with Gasteiger partial charge in [-0.1, -0.05) is 70.5 Å². The predicted octanol–water partition coefficient (Wildman–Crippen LogP) is 3.24. The van der Waals surface area contributed by atoms with Gasteiger partial charge in [-0.05, 0) is 23.1 Å². The average molecular weight is 368 g/mol. The van der Waals surface area contributed by atoms with Crippen molar-refractivity contribution in [1.29, 1.82) is 0 Å². The van der Waals surface area contributed by atoms with Crippen LogP contribution in [0.5, 0.6) is 0 Å². The molecule has 1 N–H and O–H groups in total. The molecule has 0 fully saturated rings. The third kappa shape index (κ3) is 5.61. The highest BCUT2D eigenvalue weighted by Crippen LogP contribution is 2.09. The molecule has 0 bridgehead atoms. The quantitative estimate of drug-likeness (QED) is 0.763. The summed E-state index contributed by atoms with van der Waals surface area (Å²) in [5.74, 6) is 0.106. The van der Waals surface area contributed by atoms with E-state index in [1.54, 1.807) is 0 Å². The Morgan fingerprint density at radius 3 is 2.29 bits per heavy atom. The van der Waals surface area contributed by atoms with E-state index in [0.29, 0.717) is 13.0 Å². The Balaban J connectivity index is 1.89. The highest BCUT2D eigenvalue weighted by atomic mass is 79.9. The third-order valence-electron chi connectivity index (χ3n) is 3.14. The molecule has 0 radical (unpaired) electrons. The summed E-state index contributed by atoms with van der Waals surface area (Å²) in [7, 11) is -3.26. The van der Waals surface area contributed by atoms with Crippen LogP contribution < -0.4 is 4.72 Å². The van der Waals surface area contributed by atoms with E-state index in [1.807, 2.05) is 54.6 Å². The molecule has 0 aliphatic rings. The lowest BCUT2D eigenvalue weighted by Crippen LogP contribution is -2.26. The number of halogens is 1. The van der Waals surface area contributed by atoms with Crippen LogP contribution in [-0.2, 0) is 28.3 Å². The number of rotatable bonds is 7. The maximum Gasteiger partial charge on any atom is 0.212 e. The molecular formula is C16H18BrNO2S. The van der Waals surface area contributed by atoms with Crippen molar-refractivity contribution in [3.05, 3.63) is 71.3 Å². The second-order valence-electron chi connectivity index (χ2n) is 4.83. The Kier molecular flexibility index (Phi) is 5.96. The van der Waals surface area contributed by atoms with Crippen molar-refractivity contribution < 1.29 is 8.42 Å². The van der Waals surface area contributed by atoms with Gasteiger partial charge in [0.2, 0.25) is 10.0 Å². The molecule has 0 unspecified atom stereocenters. The maximum atomic E-state index is 12.0. The second kappa shape index (κ2) is 7.73. The van der Waals surface area contributed by atoms with Crippen molar-refractivity contribution in [3.8, 4) is 0 Å². The molecule has 2 aromatic carbocycles. The zero-order valence-electron chi connectivity index (χ0n) is 11.6. The highest BCUT2D eigenvalue weighted by molar-refractivity contribution is 9.08. The number of benzene rings is 2. The largest absolute Gasteiger partial charge is 0.212 e. The molecule has 0 saturated carbocycles. The summed E-state index contributed by atoms with van der Waals surface area (Å²) in [4.78, 5) is 0.